The number of hydrogen-bond donors (Lipinski definition) is 1. The van der Waals surface area contributed by atoms with Crippen molar-refractivity contribution in [2.75, 3.05) is 11.6 Å². The van der Waals surface area contributed by atoms with Gasteiger partial charge in [0.25, 0.3) is 5.91 Å². The van der Waals surface area contributed by atoms with Gasteiger partial charge < -0.3 is 5.32 Å². The minimum atomic E-state index is -0.117. The van der Waals surface area contributed by atoms with Gasteiger partial charge in [0.2, 0.25) is 0 Å². The van der Waals surface area contributed by atoms with Gasteiger partial charge in [-0.1, -0.05) is 41.4 Å². The summed E-state index contributed by atoms with van der Waals surface area (Å²) >= 11 is 11.1. The summed E-state index contributed by atoms with van der Waals surface area (Å²) < 4.78 is 0. The third-order valence-corrected chi connectivity index (χ3v) is 4.46. The van der Waals surface area contributed by atoms with E-state index in [4.69, 9.17) is 11.6 Å². The molecule has 2 nitrogen and oxygen atoms in total. The Morgan fingerprint density at radius 3 is 2.67 bits per heavy atom. The summed E-state index contributed by atoms with van der Waals surface area (Å²) in [7, 11) is 0. The molecule has 100 valence electrons. The molecule has 0 aliphatic rings. The van der Waals surface area contributed by atoms with Crippen LogP contribution >= 0.6 is 39.3 Å². The number of nitrogens with one attached hydrogen (secondary N) is 1. The molecule has 1 amide bonds. The summed E-state index contributed by atoms with van der Waals surface area (Å²) in [6.07, 6.45) is 1.97. The predicted octanol–water partition coefficient (Wildman–Crippen LogP) is 4.21. The Morgan fingerprint density at radius 2 is 2.17 bits per heavy atom. The van der Waals surface area contributed by atoms with Crippen LogP contribution in [0.5, 0.6) is 0 Å². The summed E-state index contributed by atoms with van der Waals surface area (Å²) in [4.78, 5) is 13.2. The number of rotatable bonds is 5. The van der Waals surface area contributed by atoms with Gasteiger partial charge in [0.1, 0.15) is 0 Å². The Hall–Kier alpha value is -0.190. The minimum absolute atomic E-state index is 0.103. The number of carbonyl (C=O) groups is 1. The molecular weight excluding hydrogens is 334 g/mol. The van der Waals surface area contributed by atoms with Gasteiger partial charge in [-0.3, -0.25) is 4.79 Å². The maximum absolute atomic E-state index is 12.2. The van der Waals surface area contributed by atoms with Crippen LogP contribution in [0.15, 0.2) is 23.1 Å². The third kappa shape index (κ3) is 4.18. The average molecular weight is 351 g/mol. The number of hydrogen-bond acceptors (Lipinski definition) is 2. The molecule has 1 aromatic rings. The van der Waals surface area contributed by atoms with Gasteiger partial charge in [0.05, 0.1) is 10.6 Å². The molecule has 1 aromatic carbocycles. The molecular formula is C13H17BrClNOS. The van der Waals surface area contributed by atoms with E-state index in [0.29, 0.717) is 16.5 Å². The standard InChI is InChI=1S/C13H17BrClNOS/c1-8(2)12(7-14)16-13(17)10-6-9(18-3)4-5-11(10)15/h4-6,8,12H,7H2,1-3H3,(H,16,17). The quantitative estimate of drug-likeness (QED) is 0.636. The summed E-state index contributed by atoms with van der Waals surface area (Å²) in [5.74, 6) is 0.255. The maximum Gasteiger partial charge on any atom is 0.253 e. The lowest BCUT2D eigenvalue weighted by Crippen LogP contribution is -2.39. The van der Waals surface area contributed by atoms with E-state index in [1.165, 1.54) is 0 Å². The lowest BCUT2D eigenvalue weighted by Gasteiger charge is -2.20. The second-order valence-corrected chi connectivity index (χ2v) is 6.26. The predicted molar refractivity (Wildman–Crippen MR) is 83.1 cm³/mol. The van der Waals surface area contributed by atoms with Crippen molar-refractivity contribution in [2.24, 2.45) is 5.92 Å². The molecule has 1 unspecified atom stereocenters. The molecule has 0 aliphatic heterocycles. The van der Waals surface area contributed by atoms with Crippen LogP contribution in [0.3, 0.4) is 0 Å². The first kappa shape index (κ1) is 15.9. The highest BCUT2D eigenvalue weighted by Crippen LogP contribution is 2.23. The largest absolute Gasteiger partial charge is 0.348 e. The number of amides is 1. The van der Waals surface area contributed by atoms with Crippen LogP contribution in [-0.2, 0) is 0 Å². The number of benzene rings is 1. The second kappa shape index (κ2) is 7.41. The van der Waals surface area contributed by atoms with E-state index in [-0.39, 0.29) is 11.9 Å². The zero-order valence-electron chi connectivity index (χ0n) is 10.7. The van der Waals surface area contributed by atoms with Gasteiger partial charge in [0, 0.05) is 16.3 Å². The minimum Gasteiger partial charge on any atom is -0.348 e. The van der Waals surface area contributed by atoms with Crippen molar-refractivity contribution in [1.29, 1.82) is 0 Å². The molecule has 0 fully saturated rings. The summed E-state index contributed by atoms with van der Waals surface area (Å²) in [6, 6.07) is 5.61. The Kier molecular flexibility index (Phi) is 6.53. The number of alkyl halides is 1. The zero-order chi connectivity index (χ0) is 13.7. The van der Waals surface area contributed by atoms with Gasteiger partial charge >= 0.3 is 0 Å². The Morgan fingerprint density at radius 1 is 1.50 bits per heavy atom. The summed E-state index contributed by atoms with van der Waals surface area (Å²) in [5.41, 5.74) is 0.537. The van der Waals surface area contributed by atoms with Crippen LogP contribution in [0.2, 0.25) is 5.02 Å². The van der Waals surface area contributed by atoms with Gasteiger partial charge in [-0.25, -0.2) is 0 Å². The molecule has 18 heavy (non-hydrogen) atoms. The van der Waals surface area contributed by atoms with E-state index in [2.05, 4.69) is 35.1 Å². The molecule has 0 spiro atoms. The second-order valence-electron chi connectivity index (χ2n) is 4.32. The van der Waals surface area contributed by atoms with Crippen molar-refractivity contribution in [3.8, 4) is 0 Å². The van der Waals surface area contributed by atoms with Crippen LogP contribution < -0.4 is 5.32 Å². The summed E-state index contributed by atoms with van der Waals surface area (Å²) in [5, 5.41) is 4.22. The fourth-order valence-corrected chi connectivity index (χ4v) is 2.99. The highest BCUT2D eigenvalue weighted by Gasteiger charge is 2.18. The van der Waals surface area contributed by atoms with Crippen LogP contribution in [0.1, 0.15) is 24.2 Å². The fraction of sp³-hybridized carbons (Fsp3) is 0.462. The van der Waals surface area contributed by atoms with E-state index < -0.39 is 0 Å². The topological polar surface area (TPSA) is 29.1 Å². The first-order valence-corrected chi connectivity index (χ1v) is 8.42. The molecule has 0 heterocycles. The molecule has 1 atom stereocenters. The number of thioether (sulfide) groups is 1. The first-order valence-electron chi connectivity index (χ1n) is 5.70. The van der Waals surface area contributed by atoms with Crippen LogP contribution in [0.25, 0.3) is 0 Å². The van der Waals surface area contributed by atoms with E-state index >= 15 is 0 Å². The molecule has 5 heteroatoms. The van der Waals surface area contributed by atoms with Crippen LogP contribution in [-0.4, -0.2) is 23.5 Å². The van der Waals surface area contributed by atoms with Gasteiger partial charge in [-0.05, 0) is 30.4 Å². The molecule has 0 aromatic heterocycles. The van der Waals surface area contributed by atoms with Crippen LogP contribution in [0, 0.1) is 5.92 Å². The SMILES string of the molecule is CSc1ccc(Cl)c(C(=O)NC(CBr)C(C)C)c1. The van der Waals surface area contributed by atoms with Gasteiger partial charge in [-0.15, -0.1) is 11.8 Å². The van der Waals surface area contributed by atoms with E-state index in [1.807, 2.05) is 18.4 Å². The third-order valence-electron chi connectivity index (χ3n) is 2.71. The first-order chi connectivity index (χ1) is 8.49. The Labute approximate surface area is 126 Å². The molecule has 0 aliphatic carbocycles. The smallest absolute Gasteiger partial charge is 0.253 e. The number of halogens is 2. The average Bonchev–Trinajstić information content (AvgIpc) is 2.35. The van der Waals surface area contributed by atoms with E-state index in [0.717, 1.165) is 10.2 Å². The Balaban J connectivity index is 2.89. The zero-order valence-corrected chi connectivity index (χ0v) is 13.8. The number of carbonyl (C=O) groups excluding carboxylic acids is 1. The highest BCUT2D eigenvalue weighted by atomic mass is 79.9. The Bertz CT molecular complexity index is 425. The normalized spacial score (nSPS) is 12.6. The van der Waals surface area contributed by atoms with Crippen molar-refractivity contribution >= 4 is 45.2 Å². The molecule has 0 saturated heterocycles. The van der Waals surface area contributed by atoms with Gasteiger partial charge in [0.15, 0.2) is 0 Å². The lowest BCUT2D eigenvalue weighted by molar-refractivity contribution is 0.0931. The molecule has 1 rings (SSSR count). The van der Waals surface area contributed by atoms with Crippen molar-refractivity contribution < 1.29 is 4.79 Å². The lowest BCUT2D eigenvalue weighted by atomic mass is 10.1. The van der Waals surface area contributed by atoms with Gasteiger partial charge in [-0.2, -0.15) is 0 Å². The summed E-state index contributed by atoms with van der Waals surface area (Å²) in [6.45, 7) is 4.15. The monoisotopic (exact) mass is 349 g/mol. The van der Waals surface area contributed by atoms with Crippen molar-refractivity contribution in [3.63, 3.8) is 0 Å². The van der Waals surface area contributed by atoms with Crippen LogP contribution in [0.4, 0.5) is 0 Å². The molecule has 0 bridgehead atoms. The fourth-order valence-electron chi connectivity index (χ4n) is 1.43. The van der Waals surface area contributed by atoms with E-state index in [9.17, 15) is 4.79 Å². The molecule has 1 N–H and O–H groups in total. The maximum atomic E-state index is 12.2. The van der Waals surface area contributed by atoms with Crippen molar-refractivity contribution in [1.82, 2.24) is 5.32 Å². The molecule has 0 radical (unpaired) electrons. The van der Waals surface area contributed by atoms with E-state index in [1.54, 1.807) is 17.8 Å². The molecule has 0 saturated carbocycles. The van der Waals surface area contributed by atoms with Crippen molar-refractivity contribution in [3.05, 3.63) is 28.8 Å². The highest BCUT2D eigenvalue weighted by molar-refractivity contribution is 9.09. The van der Waals surface area contributed by atoms with Crippen molar-refractivity contribution in [2.45, 2.75) is 24.8 Å².